The van der Waals surface area contributed by atoms with Crippen LogP contribution in [-0.2, 0) is 0 Å². The second kappa shape index (κ2) is 9.08. The maximum atomic E-state index is 2.52. The molecule has 184 valence electrons. The summed E-state index contributed by atoms with van der Waals surface area (Å²) in [6, 6.07) is 41.9. The van der Waals surface area contributed by atoms with Gasteiger partial charge in [-0.15, -0.1) is 0 Å². The van der Waals surface area contributed by atoms with Gasteiger partial charge in [0.05, 0.1) is 11.7 Å². The Morgan fingerprint density at radius 3 is 1.76 bits per heavy atom. The van der Waals surface area contributed by atoms with Gasteiger partial charge in [-0.25, -0.2) is 0 Å². The molecule has 0 saturated heterocycles. The lowest BCUT2D eigenvalue weighted by Crippen LogP contribution is -2.41. The second-order valence-corrected chi connectivity index (χ2v) is 10.4. The van der Waals surface area contributed by atoms with Crippen LogP contribution in [0.1, 0.15) is 16.7 Å². The Bertz CT molecular complexity index is 1760. The van der Waals surface area contributed by atoms with E-state index in [4.69, 9.17) is 0 Å². The van der Waals surface area contributed by atoms with Crippen LogP contribution in [0.4, 0.5) is 5.69 Å². The molecule has 0 amide bonds. The van der Waals surface area contributed by atoms with Crippen molar-refractivity contribution in [3.63, 3.8) is 0 Å². The molecule has 4 aromatic carbocycles. The molecule has 1 aliphatic carbocycles. The molecule has 0 saturated carbocycles. The number of hydrogen-bond acceptors (Lipinski definition) is 1. The molecule has 2 heterocycles. The molecule has 2 nitrogen and oxygen atoms in total. The molecular formula is C36H30N2. The van der Waals surface area contributed by atoms with Crippen molar-refractivity contribution in [1.82, 2.24) is 4.57 Å². The van der Waals surface area contributed by atoms with Crippen LogP contribution >= 0.6 is 0 Å². The van der Waals surface area contributed by atoms with E-state index in [9.17, 15) is 0 Å². The molecule has 2 atom stereocenters. The van der Waals surface area contributed by atoms with Gasteiger partial charge in [0.15, 0.2) is 0 Å². The first-order valence-corrected chi connectivity index (χ1v) is 13.4. The monoisotopic (exact) mass is 490 g/mol. The summed E-state index contributed by atoms with van der Waals surface area (Å²) in [5.74, 6) is 0.265. The lowest BCUT2D eigenvalue weighted by molar-refractivity contribution is 0.757. The largest absolute Gasteiger partial charge is 0.333 e. The SMILES string of the molecule is Cc1ccc(N2C(c3ccccc3)=CC3C=c4c(cc(-c5ccccc5)n4-c4ccc(C)cc4)=CC32)cc1. The van der Waals surface area contributed by atoms with Crippen molar-refractivity contribution in [2.24, 2.45) is 5.92 Å². The van der Waals surface area contributed by atoms with Gasteiger partial charge in [-0.3, -0.25) is 0 Å². The molecule has 0 fully saturated rings. The van der Waals surface area contributed by atoms with E-state index in [1.54, 1.807) is 0 Å². The quantitative estimate of drug-likeness (QED) is 0.267. The van der Waals surface area contributed by atoms with Crippen LogP contribution in [0.15, 0.2) is 121 Å². The zero-order valence-corrected chi connectivity index (χ0v) is 21.8. The van der Waals surface area contributed by atoms with E-state index in [2.05, 4.69) is 157 Å². The number of anilines is 1. The summed E-state index contributed by atoms with van der Waals surface area (Å²) < 4.78 is 2.43. The van der Waals surface area contributed by atoms with Gasteiger partial charge in [-0.1, -0.05) is 114 Å². The van der Waals surface area contributed by atoms with Gasteiger partial charge in [-0.2, -0.15) is 0 Å². The summed E-state index contributed by atoms with van der Waals surface area (Å²) in [5.41, 5.74) is 9.94. The number of benzene rings is 4. The minimum absolute atomic E-state index is 0.220. The molecule has 7 rings (SSSR count). The van der Waals surface area contributed by atoms with Crippen molar-refractivity contribution in [2.75, 3.05) is 4.90 Å². The van der Waals surface area contributed by atoms with Gasteiger partial charge >= 0.3 is 0 Å². The molecular weight excluding hydrogens is 460 g/mol. The van der Waals surface area contributed by atoms with Gasteiger partial charge < -0.3 is 9.47 Å². The third-order valence-electron chi connectivity index (χ3n) is 7.82. The second-order valence-electron chi connectivity index (χ2n) is 10.4. The predicted octanol–water partition coefficient (Wildman–Crippen LogP) is 6.88. The maximum Gasteiger partial charge on any atom is 0.0630 e. The summed E-state index contributed by atoms with van der Waals surface area (Å²) in [6.45, 7) is 4.29. The van der Waals surface area contributed by atoms with Crippen LogP contribution in [0.25, 0.3) is 34.8 Å². The number of nitrogens with zero attached hydrogens (tertiary/aromatic N) is 2. The Morgan fingerprint density at radius 1 is 0.553 bits per heavy atom. The fraction of sp³-hybridized carbons (Fsp3) is 0.111. The normalized spacial score (nSPS) is 17.7. The number of aryl methyl sites for hydroxylation is 2. The van der Waals surface area contributed by atoms with Crippen LogP contribution in [-0.4, -0.2) is 10.6 Å². The number of aromatic nitrogens is 1. The molecule has 38 heavy (non-hydrogen) atoms. The first-order chi connectivity index (χ1) is 18.7. The van der Waals surface area contributed by atoms with Crippen LogP contribution in [0, 0.1) is 19.8 Å². The zero-order chi connectivity index (χ0) is 25.6. The van der Waals surface area contributed by atoms with E-state index in [1.165, 1.54) is 55.6 Å². The molecule has 0 spiro atoms. The highest BCUT2D eigenvalue weighted by molar-refractivity contribution is 5.87. The lowest BCUT2D eigenvalue weighted by Gasteiger charge is -2.31. The van der Waals surface area contributed by atoms with E-state index < -0.39 is 0 Å². The van der Waals surface area contributed by atoms with E-state index in [0.717, 1.165) is 0 Å². The summed E-state index contributed by atoms with van der Waals surface area (Å²) in [7, 11) is 0. The zero-order valence-electron chi connectivity index (χ0n) is 21.8. The van der Waals surface area contributed by atoms with Gasteiger partial charge in [0.1, 0.15) is 0 Å². The van der Waals surface area contributed by atoms with Crippen molar-refractivity contribution in [1.29, 1.82) is 0 Å². The topological polar surface area (TPSA) is 8.17 Å². The van der Waals surface area contributed by atoms with Crippen molar-refractivity contribution in [3.8, 4) is 16.9 Å². The molecule has 0 radical (unpaired) electrons. The average molecular weight is 491 g/mol. The van der Waals surface area contributed by atoms with Crippen LogP contribution in [0.3, 0.4) is 0 Å². The highest BCUT2D eigenvalue weighted by Crippen LogP contribution is 2.40. The predicted molar refractivity (Wildman–Crippen MR) is 159 cm³/mol. The molecule has 2 unspecified atom stereocenters. The first kappa shape index (κ1) is 22.6. The lowest BCUT2D eigenvalue weighted by atomic mass is 9.96. The van der Waals surface area contributed by atoms with Gasteiger partial charge in [0, 0.05) is 28.3 Å². The summed E-state index contributed by atoms with van der Waals surface area (Å²) in [4.78, 5) is 2.52. The van der Waals surface area contributed by atoms with Crippen molar-refractivity contribution < 1.29 is 0 Å². The minimum Gasteiger partial charge on any atom is -0.333 e. The molecule has 0 N–H and O–H groups in total. The Balaban J connectivity index is 1.45. The number of hydrogen-bond donors (Lipinski definition) is 0. The van der Waals surface area contributed by atoms with E-state index >= 15 is 0 Å². The highest BCUT2D eigenvalue weighted by atomic mass is 15.2. The van der Waals surface area contributed by atoms with Gasteiger partial charge in [-0.05, 0) is 60.5 Å². The Hall–Kier alpha value is -4.56. The number of fused-ring (bicyclic) bond motifs is 2. The van der Waals surface area contributed by atoms with Gasteiger partial charge in [0.2, 0.25) is 0 Å². The smallest absolute Gasteiger partial charge is 0.0630 e. The maximum absolute atomic E-state index is 2.52. The fourth-order valence-electron chi connectivity index (χ4n) is 5.90. The standard InChI is InChI=1S/C36H30N2/c1-25-13-17-31(18-14-25)37-33(27-9-5-3-6-10-27)21-29-24-36-30(23-35(29)37)22-34(28-11-7-4-8-12-28)38(36)32-19-15-26(2)16-20-32/h3-24,29,35H,1-2H3. The first-order valence-electron chi connectivity index (χ1n) is 13.4. The third-order valence-corrected chi connectivity index (χ3v) is 7.82. The summed E-state index contributed by atoms with van der Waals surface area (Å²) >= 11 is 0. The molecule has 1 aliphatic heterocycles. The Labute approximate surface area is 224 Å². The van der Waals surface area contributed by atoms with E-state index in [0.29, 0.717) is 0 Å². The van der Waals surface area contributed by atoms with Gasteiger partial charge in [0.25, 0.3) is 0 Å². The van der Waals surface area contributed by atoms with Crippen molar-refractivity contribution in [3.05, 3.63) is 149 Å². The Morgan fingerprint density at radius 2 is 1.13 bits per heavy atom. The van der Waals surface area contributed by atoms with Crippen LogP contribution in [0.5, 0.6) is 0 Å². The van der Waals surface area contributed by atoms with Crippen molar-refractivity contribution >= 4 is 23.5 Å². The average Bonchev–Trinajstić information content (AvgIpc) is 3.52. The van der Waals surface area contributed by atoms with Crippen molar-refractivity contribution in [2.45, 2.75) is 19.9 Å². The summed E-state index contributed by atoms with van der Waals surface area (Å²) in [6.07, 6.45) is 7.40. The molecule has 5 aromatic rings. The molecule has 0 bridgehead atoms. The van der Waals surface area contributed by atoms with E-state index in [1.807, 2.05) is 0 Å². The molecule has 1 aromatic heterocycles. The molecule has 2 heteroatoms. The van der Waals surface area contributed by atoms with Crippen LogP contribution in [0.2, 0.25) is 0 Å². The Kier molecular flexibility index (Phi) is 5.40. The fourth-order valence-corrected chi connectivity index (χ4v) is 5.90. The minimum atomic E-state index is 0.220. The third kappa shape index (κ3) is 3.81. The highest BCUT2D eigenvalue weighted by Gasteiger charge is 2.35. The summed E-state index contributed by atoms with van der Waals surface area (Å²) in [5, 5.41) is 2.55. The number of rotatable bonds is 4. The van der Waals surface area contributed by atoms with E-state index in [-0.39, 0.29) is 12.0 Å². The molecule has 2 aliphatic rings. The van der Waals surface area contributed by atoms with Crippen LogP contribution < -0.4 is 15.5 Å².